The van der Waals surface area contributed by atoms with Gasteiger partial charge in [0.15, 0.2) is 0 Å². The standard InChI is InChI=1S/C11H17N3O5/c1-13(2)19-7-8(15)5-12-9(16)6-14-10(17)3-4-11(14)18/h3-4,8,15H,5-7H2,1-2H3,(H,12,16). The van der Waals surface area contributed by atoms with E-state index in [1.165, 1.54) is 5.06 Å². The number of hydroxylamine groups is 2. The Bertz CT molecular complexity index is 376. The molecule has 19 heavy (non-hydrogen) atoms. The van der Waals surface area contributed by atoms with Gasteiger partial charge in [-0.2, -0.15) is 5.06 Å². The van der Waals surface area contributed by atoms with E-state index in [0.717, 1.165) is 17.1 Å². The molecule has 1 atom stereocenters. The van der Waals surface area contributed by atoms with E-state index in [2.05, 4.69) is 5.32 Å². The van der Waals surface area contributed by atoms with Crippen LogP contribution in [0.4, 0.5) is 0 Å². The fourth-order valence-electron chi connectivity index (χ4n) is 1.31. The predicted molar refractivity (Wildman–Crippen MR) is 64.5 cm³/mol. The summed E-state index contributed by atoms with van der Waals surface area (Å²) < 4.78 is 0. The van der Waals surface area contributed by atoms with Crippen LogP contribution in [-0.4, -0.2) is 72.7 Å². The minimum absolute atomic E-state index is 0.0175. The van der Waals surface area contributed by atoms with Gasteiger partial charge in [0.2, 0.25) is 5.91 Å². The van der Waals surface area contributed by atoms with Crippen molar-refractivity contribution >= 4 is 17.7 Å². The Morgan fingerprint density at radius 3 is 2.53 bits per heavy atom. The van der Waals surface area contributed by atoms with E-state index in [9.17, 15) is 19.5 Å². The summed E-state index contributed by atoms with van der Waals surface area (Å²) >= 11 is 0. The van der Waals surface area contributed by atoms with Crippen molar-refractivity contribution in [3.05, 3.63) is 12.2 Å². The molecule has 3 amide bonds. The number of imide groups is 1. The maximum absolute atomic E-state index is 11.5. The summed E-state index contributed by atoms with van der Waals surface area (Å²) in [7, 11) is 3.34. The summed E-state index contributed by atoms with van der Waals surface area (Å²) in [6.45, 7) is -0.335. The smallest absolute Gasteiger partial charge is 0.254 e. The summed E-state index contributed by atoms with van der Waals surface area (Å²) in [5.74, 6) is -1.55. The van der Waals surface area contributed by atoms with Crippen LogP contribution in [0.25, 0.3) is 0 Å². The van der Waals surface area contributed by atoms with Gasteiger partial charge in [-0.05, 0) is 0 Å². The van der Waals surface area contributed by atoms with Gasteiger partial charge in [0, 0.05) is 32.8 Å². The van der Waals surface area contributed by atoms with Crippen LogP contribution in [0.15, 0.2) is 12.2 Å². The van der Waals surface area contributed by atoms with Crippen molar-refractivity contribution in [3.63, 3.8) is 0 Å². The van der Waals surface area contributed by atoms with Gasteiger partial charge in [-0.3, -0.25) is 24.1 Å². The molecule has 0 saturated heterocycles. The first kappa shape index (κ1) is 15.3. The van der Waals surface area contributed by atoms with Crippen LogP contribution in [0.1, 0.15) is 0 Å². The normalized spacial score (nSPS) is 16.3. The second kappa shape index (κ2) is 6.98. The van der Waals surface area contributed by atoms with E-state index < -0.39 is 23.8 Å². The molecular weight excluding hydrogens is 254 g/mol. The second-order valence-electron chi connectivity index (χ2n) is 4.16. The lowest BCUT2D eigenvalue weighted by Gasteiger charge is -2.17. The van der Waals surface area contributed by atoms with Gasteiger partial charge in [0.1, 0.15) is 6.54 Å². The van der Waals surface area contributed by atoms with Crippen molar-refractivity contribution in [2.45, 2.75) is 6.10 Å². The molecule has 8 nitrogen and oxygen atoms in total. The van der Waals surface area contributed by atoms with Crippen LogP contribution < -0.4 is 5.32 Å². The van der Waals surface area contributed by atoms with E-state index in [-0.39, 0.29) is 19.7 Å². The topological polar surface area (TPSA) is 99.2 Å². The monoisotopic (exact) mass is 271 g/mol. The summed E-state index contributed by atoms with van der Waals surface area (Å²) in [4.78, 5) is 39.7. The first-order valence-electron chi connectivity index (χ1n) is 5.68. The molecule has 2 N–H and O–H groups in total. The van der Waals surface area contributed by atoms with E-state index >= 15 is 0 Å². The van der Waals surface area contributed by atoms with Crippen molar-refractivity contribution in [3.8, 4) is 0 Å². The Morgan fingerprint density at radius 1 is 1.42 bits per heavy atom. The van der Waals surface area contributed by atoms with Crippen LogP contribution in [0.5, 0.6) is 0 Å². The van der Waals surface area contributed by atoms with Crippen LogP contribution >= 0.6 is 0 Å². The highest BCUT2D eigenvalue weighted by Crippen LogP contribution is 2.02. The number of hydrogen-bond acceptors (Lipinski definition) is 6. The number of carbonyl (C=O) groups is 3. The first-order valence-corrected chi connectivity index (χ1v) is 5.68. The van der Waals surface area contributed by atoms with Gasteiger partial charge in [0.05, 0.1) is 12.7 Å². The molecule has 0 aromatic heterocycles. The molecule has 0 aliphatic carbocycles. The Kier molecular flexibility index (Phi) is 5.61. The first-order chi connectivity index (χ1) is 8.90. The minimum Gasteiger partial charge on any atom is -0.389 e. The lowest BCUT2D eigenvalue weighted by atomic mass is 10.3. The largest absolute Gasteiger partial charge is 0.389 e. The van der Waals surface area contributed by atoms with Crippen LogP contribution in [0.2, 0.25) is 0 Å². The quantitative estimate of drug-likeness (QED) is 0.406. The van der Waals surface area contributed by atoms with Gasteiger partial charge in [0.25, 0.3) is 11.8 Å². The predicted octanol–water partition coefficient (Wildman–Crippen LogP) is -2.12. The fourth-order valence-corrected chi connectivity index (χ4v) is 1.31. The Hall–Kier alpha value is -1.77. The number of rotatable bonds is 7. The molecule has 0 aromatic carbocycles. The number of hydrogen-bond donors (Lipinski definition) is 2. The van der Waals surface area contributed by atoms with E-state index in [4.69, 9.17) is 4.84 Å². The molecule has 1 heterocycles. The number of aliphatic hydroxyl groups is 1. The fraction of sp³-hybridized carbons (Fsp3) is 0.545. The molecule has 0 fully saturated rings. The summed E-state index contributed by atoms with van der Waals surface area (Å²) in [5.41, 5.74) is 0. The number of carbonyl (C=O) groups excluding carboxylic acids is 3. The van der Waals surface area contributed by atoms with Gasteiger partial charge >= 0.3 is 0 Å². The van der Waals surface area contributed by atoms with Gasteiger partial charge in [-0.15, -0.1) is 0 Å². The molecular formula is C11H17N3O5. The number of amides is 3. The van der Waals surface area contributed by atoms with Gasteiger partial charge in [-0.1, -0.05) is 0 Å². The second-order valence-corrected chi connectivity index (χ2v) is 4.16. The molecule has 106 valence electrons. The summed E-state index contributed by atoms with van der Waals surface area (Å²) in [5, 5.41) is 13.3. The lowest BCUT2D eigenvalue weighted by molar-refractivity contribution is -0.146. The van der Waals surface area contributed by atoms with Gasteiger partial charge < -0.3 is 10.4 Å². The zero-order valence-corrected chi connectivity index (χ0v) is 10.8. The third-order valence-corrected chi connectivity index (χ3v) is 2.26. The number of aliphatic hydroxyl groups excluding tert-OH is 1. The van der Waals surface area contributed by atoms with E-state index in [0.29, 0.717) is 0 Å². The van der Waals surface area contributed by atoms with Crippen molar-refractivity contribution < 1.29 is 24.3 Å². The molecule has 1 aliphatic heterocycles. The maximum Gasteiger partial charge on any atom is 0.254 e. The highest BCUT2D eigenvalue weighted by Gasteiger charge is 2.25. The molecule has 0 saturated carbocycles. The molecule has 1 rings (SSSR count). The summed E-state index contributed by atoms with van der Waals surface area (Å²) in [6, 6.07) is 0. The highest BCUT2D eigenvalue weighted by molar-refractivity contribution is 6.14. The van der Waals surface area contributed by atoms with Crippen molar-refractivity contribution in [1.29, 1.82) is 0 Å². The van der Waals surface area contributed by atoms with Crippen LogP contribution in [-0.2, 0) is 19.2 Å². The average molecular weight is 271 g/mol. The van der Waals surface area contributed by atoms with E-state index in [1.807, 2.05) is 0 Å². The molecule has 8 heteroatoms. The third kappa shape index (κ3) is 5.16. The van der Waals surface area contributed by atoms with Gasteiger partial charge in [-0.25, -0.2) is 0 Å². The van der Waals surface area contributed by atoms with Crippen molar-refractivity contribution in [2.75, 3.05) is 33.8 Å². The van der Waals surface area contributed by atoms with Crippen molar-refractivity contribution in [2.24, 2.45) is 0 Å². The minimum atomic E-state index is -0.866. The highest BCUT2D eigenvalue weighted by atomic mass is 16.7. The average Bonchev–Trinajstić information content (AvgIpc) is 2.65. The van der Waals surface area contributed by atoms with Crippen LogP contribution in [0.3, 0.4) is 0 Å². The lowest BCUT2D eigenvalue weighted by Crippen LogP contribution is -2.43. The third-order valence-electron chi connectivity index (χ3n) is 2.26. The molecule has 0 bridgehead atoms. The molecule has 1 aliphatic rings. The Labute approximate surface area is 110 Å². The Morgan fingerprint density at radius 2 is 2.00 bits per heavy atom. The number of nitrogens with one attached hydrogen (secondary N) is 1. The van der Waals surface area contributed by atoms with E-state index in [1.54, 1.807) is 14.1 Å². The molecule has 0 spiro atoms. The SMILES string of the molecule is CN(C)OCC(O)CNC(=O)CN1C(=O)C=CC1=O. The summed E-state index contributed by atoms with van der Waals surface area (Å²) in [6.07, 6.45) is 1.35. The number of nitrogens with zero attached hydrogens (tertiary/aromatic N) is 2. The zero-order chi connectivity index (χ0) is 14.4. The van der Waals surface area contributed by atoms with Crippen LogP contribution in [0, 0.1) is 0 Å². The Balaban J connectivity index is 2.25. The van der Waals surface area contributed by atoms with Crippen molar-refractivity contribution in [1.82, 2.24) is 15.3 Å². The molecule has 1 unspecified atom stereocenters. The zero-order valence-electron chi connectivity index (χ0n) is 10.8. The molecule has 0 radical (unpaired) electrons. The maximum atomic E-state index is 11.5. The molecule has 0 aromatic rings.